The Labute approximate surface area is 134 Å². The zero-order chi connectivity index (χ0) is 15.7. The summed E-state index contributed by atoms with van der Waals surface area (Å²) in [5.74, 6) is 0.552. The second-order valence-electron chi connectivity index (χ2n) is 5.26. The Bertz CT molecular complexity index is 731. The van der Waals surface area contributed by atoms with Gasteiger partial charge in [0.1, 0.15) is 5.75 Å². The van der Waals surface area contributed by atoms with E-state index in [9.17, 15) is 4.79 Å². The molecule has 114 valence electrons. The smallest absolute Gasteiger partial charge is 0.326 e. The summed E-state index contributed by atoms with van der Waals surface area (Å²) in [6.45, 7) is 2.57. The summed E-state index contributed by atoms with van der Waals surface area (Å²) in [6, 6.07) is 11.3. The van der Waals surface area contributed by atoms with Gasteiger partial charge in [-0.05, 0) is 36.6 Å². The molecule has 1 aliphatic rings. The first kappa shape index (κ1) is 14.7. The Morgan fingerprint density at radius 3 is 2.86 bits per heavy atom. The van der Waals surface area contributed by atoms with Crippen LogP contribution in [0.5, 0.6) is 5.75 Å². The summed E-state index contributed by atoms with van der Waals surface area (Å²) in [4.78, 5) is 14.3. The third-order valence-corrected chi connectivity index (χ3v) is 4.26. The van der Waals surface area contributed by atoms with E-state index < -0.39 is 0 Å². The molecule has 0 bridgehead atoms. The van der Waals surface area contributed by atoms with Crippen molar-refractivity contribution in [3.05, 3.63) is 52.5 Å². The van der Waals surface area contributed by atoms with Crippen molar-refractivity contribution < 1.29 is 9.53 Å². The number of nitrogens with zero attached hydrogens (tertiary/aromatic N) is 1. The van der Waals surface area contributed by atoms with Crippen LogP contribution in [0.15, 0.2) is 36.4 Å². The normalized spacial score (nSPS) is 13.0. The number of hydrogen-bond donors (Lipinski definition) is 1. The largest absolute Gasteiger partial charge is 0.495 e. The molecule has 0 atom stereocenters. The number of fused-ring (bicyclic) bond motifs is 1. The Balaban J connectivity index is 1.85. The number of carbonyl (C=O) groups excluding carboxylic acids is 1. The highest BCUT2D eigenvalue weighted by atomic mass is 35.5. The van der Waals surface area contributed by atoms with Crippen molar-refractivity contribution in [3.8, 4) is 5.75 Å². The Morgan fingerprint density at radius 2 is 2.09 bits per heavy atom. The molecule has 2 aromatic carbocycles. The van der Waals surface area contributed by atoms with Crippen LogP contribution in [0.2, 0.25) is 5.02 Å². The van der Waals surface area contributed by atoms with Crippen molar-refractivity contribution in [2.45, 2.75) is 13.3 Å². The number of anilines is 2. The van der Waals surface area contributed by atoms with E-state index in [4.69, 9.17) is 16.3 Å². The first-order chi connectivity index (χ1) is 10.6. The van der Waals surface area contributed by atoms with Gasteiger partial charge < -0.3 is 10.1 Å². The average molecular weight is 317 g/mol. The summed E-state index contributed by atoms with van der Waals surface area (Å²) in [6.07, 6.45) is 0.875. The van der Waals surface area contributed by atoms with Crippen LogP contribution in [0, 0.1) is 6.92 Å². The number of aryl methyl sites for hydroxylation is 1. The fraction of sp³-hybridized carbons (Fsp3) is 0.235. The lowest BCUT2D eigenvalue weighted by Crippen LogP contribution is -2.33. The maximum atomic E-state index is 12.6. The van der Waals surface area contributed by atoms with Crippen LogP contribution in [0.3, 0.4) is 0 Å². The number of amides is 2. The number of hydrogen-bond acceptors (Lipinski definition) is 2. The fourth-order valence-corrected chi connectivity index (χ4v) is 2.82. The van der Waals surface area contributed by atoms with Crippen molar-refractivity contribution in [1.29, 1.82) is 0 Å². The Kier molecular flexibility index (Phi) is 3.94. The molecule has 5 heteroatoms. The first-order valence-electron chi connectivity index (χ1n) is 7.10. The molecule has 1 aliphatic heterocycles. The Morgan fingerprint density at radius 1 is 1.32 bits per heavy atom. The van der Waals surface area contributed by atoms with Crippen LogP contribution in [0.1, 0.15) is 11.1 Å². The average Bonchev–Trinajstić information content (AvgIpc) is 2.94. The van der Waals surface area contributed by atoms with Gasteiger partial charge in [0.25, 0.3) is 0 Å². The summed E-state index contributed by atoms with van der Waals surface area (Å²) < 4.78 is 5.30. The molecule has 0 unspecified atom stereocenters. The van der Waals surface area contributed by atoms with Crippen molar-refractivity contribution >= 4 is 29.0 Å². The van der Waals surface area contributed by atoms with Crippen LogP contribution in [0.25, 0.3) is 0 Å². The van der Waals surface area contributed by atoms with E-state index in [1.807, 2.05) is 31.2 Å². The molecule has 1 N–H and O–H groups in total. The number of rotatable bonds is 2. The second-order valence-corrected chi connectivity index (χ2v) is 5.67. The summed E-state index contributed by atoms with van der Waals surface area (Å²) in [5, 5.41) is 3.53. The molecule has 4 nitrogen and oxygen atoms in total. The van der Waals surface area contributed by atoms with E-state index in [1.54, 1.807) is 18.1 Å². The van der Waals surface area contributed by atoms with Gasteiger partial charge in [-0.15, -0.1) is 0 Å². The first-order valence-corrected chi connectivity index (χ1v) is 7.48. The van der Waals surface area contributed by atoms with Gasteiger partial charge in [0.05, 0.1) is 12.8 Å². The number of ether oxygens (including phenoxy) is 1. The molecule has 22 heavy (non-hydrogen) atoms. The zero-order valence-corrected chi connectivity index (χ0v) is 13.3. The molecule has 3 rings (SSSR count). The molecule has 0 radical (unpaired) electrons. The molecular formula is C17H17ClN2O2. The lowest BCUT2D eigenvalue weighted by molar-refractivity contribution is 0.257. The number of halogens is 1. The molecule has 0 aliphatic carbocycles. The minimum absolute atomic E-state index is 0.162. The van der Waals surface area contributed by atoms with E-state index in [2.05, 4.69) is 11.4 Å². The highest BCUT2D eigenvalue weighted by Crippen LogP contribution is 2.33. The van der Waals surface area contributed by atoms with E-state index in [1.165, 1.54) is 5.56 Å². The lowest BCUT2D eigenvalue weighted by Gasteiger charge is -2.19. The van der Waals surface area contributed by atoms with Gasteiger partial charge in [0.2, 0.25) is 0 Å². The highest BCUT2D eigenvalue weighted by Gasteiger charge is 2.24. The van der Waals surface area contributed by atoms with E-state index in [-0.39, 0.29) is 6.03 Å². The SMILES string of the molecule is COc1cc(Cl)c(C)cc1NC(=O)N1CCc2ccccc21. The fourth-order valence-electron chi connectivity index (χ4n) is 2.66. The van der Waals surface area contributed by atoms with Crippen molar-refractivity contribution in [1.82, 2.24) is 0 Å². The number of carbonyl (C=O) groups is 1. The van der Waals surface area contributed by atoms with Crippen molar-refractivity contribution in [2.75, 3.05) is 23.9 Å². The van der Waals surface area contributed by atoms with Gasteiger partial charge in [-0.25, -0.2) is 4.79 Å². The summed E-state index contributed by atoms with van der Waals surface area (Å²) >= 11 is 6.09. The van der Waals surface area contributed by atoms with Crippen LogP contribution in [0.4, 0.5) is 16.2 Å². The maximum Gasteiger partial charge on any atom is 0.326 e. The van der Waals surface area contributed by atoms with Crippen LogP contribution in [-0.2, 0) is 6.42 Å². The van der Waals surface area contributed by atoms with E-state index >= 15 is 0 Å². The molecule has 0 fully saturated rings. The van der Waals surface area contributed by atoms with E-state index in [0.29, 0.717) is 23.0 Å². The minimum Gasteiger partial charge on any atom is -0.495 e. The molecule has 0 aromatic heterocycles. The van der Waals surface area contributed by atoms with Gasteiger partial charge >= 0.3 is 6.03 Å². The van der Waals surface area contributed by atoms with E-state index in [0.717, 1.165) is 17.7 Å². The van der Waals surface area contributed by atoms with Crippen LogP contribution < -0.4 is 15.0 Å². The number of urea groups is 1. The predicted octanol–water partition coefficient (Wildman–Crippen LogP) is 4.25. The zero-order valence-electron chi connectivity index (χ0n) is 12.5. The lowest BCUT2D eigenvalue weighted by atomic mass is 10.2. The third-order valence-electron chi connectivity index (χ3n) is 3.85. The van der Waals surface area contributed by atoms with Gasteiger partial charge in [-0.1, -0.05) is 29.8 Å². The topological polar surface area (TPSA) is 41.6 Å². The monoisotopic (exact) mass is 316 g/mol. The van der Waals surface area contributed by atoms with Gasteiger partial charge in [0.15, 0.2) is 0 Å². The molecule has 1 heterocycles. The van der Waals surface area contributed by atoms with Crippen molar-refractivity contribution in [2.24, 2.45) is 0 Å². The van der Waals surface area contributed by atoms with Crippen molar-refractivity contribution in [3.63, 3.8) is 0 Å². The predicted molar refractivity (Wildman–Crippen MR) is 89.3 cm³/mol. The van der Waals surface area contributed by atoms with Crippen LogP contribution in [-0.4, -0.2) is 19.7 Å². The molecule has 0 saturated heterocycles. The van der Waals surface area contributed by atoms with Gasteiger partial charge in [-0.3, -0.25) is 4.90 Å². The standard InChI is InChI=1S/C17H17ClN2O2/c1-11-9-14(16(22-2)10-13(11)18)19-17(21)20-8-7-12-5-3-4-6-15(12)20/h3-6,9-10H,7-8H2,1-2H3,(H,19,21). The number of benzene rings is 2. The quantitative estimate of drug-likeness (QED) is 0.899. The summed E-state index contributed by atoms with van der Waals surface area (Å²) in [5.41, 5.74) is 3.67. The number of para-hydroxylation sites is 1. The number of nitrogens with one attached hydrogen (secondary N) is 1. The minimum atomic E-state index is -0.162. The number of methoxy groups -OCH3 is 1. The third kappa shape index (κ3) is 2.62. The van der Waals surface area contributed by atoms with Gasteiger partial charge in [-0.2, -0.15) is 0 Å². The molecule has 0 spiro atoms. The molecule has 2 aromatic rings. The molecule has 2 amide bonds. The van der Waals surface area contributed by atoms with Crippen LogP contribution >= 0.6 is 11.6 Å². The van der Waals surface area contributed by atoms with Gasteiger partial charge in [0, 0.05) is 23.3 Å². The summed E-state index contributed by atoms with van der Waals surface area (Å²) in [7, 11) is 1.56. The Hall–Kier alpha value is -2.20. The highest BCUT2D eigenvalue weighted by molar-refractivity contribution is 6.31. The second kappa shape index (κ2) is 5.89. The maximum absolute atomic E-state index is 12.6. The molecule has 0 saturated carbocycles. The molecular weight excluding hydrogens is 300 g/mol.